The fourth-order valence-electron chi connectivity index (χ4n) is 5.18. The number of carbonyl (C=O) groups excluding carboxylic acids is 1. The summed E-state index contributed by atoms with van der Waals surface area (Å²) in [5.41, 5.74) is 11.3. The number of hydrogen-bond acceptors (Lipinski definition) is 17. The first-order chi connectivity index (χ1) is 21.5. The summed E-state index contributed by atoms with van der Waals surface area (Å²) in [6.45, 7) is 1.66. The van der Waals surface area contributed by atoms with E-state index in [9.17, 15) is 28.8 Å². The minimum absolute atomic E-state index is 0.00744. The van der Waals surface area contributed by atoms with Crippen molar-refractivity contribution in [3.05, 3.63) is 28.7 Å². The van der Waals surface area contributed by atoms with Crippen LogP contribution in [0.1, 0.15) is 41.7 Å². The number of imidazole rings is 1. The Balaban J connectivity index is 1.06. The Morgan fingerprint density at radius 3 is 2.46 bits per heavy atom. The van der Waals surface area contributed by atoms with Crippen molar-refractivity contribution in [2.75, 3.05) is 18.9 Å². The van der Waals surface area contributed by atoms with E-state index in [2.05, 4.69) is 24.2 Å². The number of ether oxygens (including phenoxy) is 4. The van der Waals surface area contributed by atoms with Crippen molar-refractivity contribution in [2.45, 2.75) is 68.7 Å². The number of rotatable bonds is 11. The van der Waals surface area contributed by atoms with Gasteiger partial charge in [0.1, 0.15) is 59.2 Å². The van der Waals surface area contributed by atoms with Crippen LogP contribution in [0.25, 0.3) is 11.2 Å². The number of phosphoric ester groups is 2. The van der Waals surface area contributed by atoms with Gasteiger partial charge in [0, 0.05) is 5.38 Å². The molecule has 252 valence electrons. The molecular weight excluding hydrogens is 683 g/mol. The molecule has 3 saturated heterocycles. The van der Waals surface area contributed by atoms with E-state index in [1.165, 1.54) is 11.7 Å². The molecule has 3 aromatic heterocycles. The smallest absolute Gasteiger partial charge is 0.387 e. The number of nitrogen functional groups attached to an aromatic ring is 1. The number of alkyl halides is 1. The standard InChI is InChI=1S/C22H28FN7O13P2S/c1-22(2)41-14-10(39-16(15(14)42-22)20-29-8(5-46-20)18(25)32)4-38-45(35,36)43-44(33,34)37-3-9-13(31)11(23)21(40-9)30-7-28-12-17(24)26-6-27-19(12)30/h5-7,9-11,13-16,21,31H,3-4H2,1-2H3,(H2,25,32)(H,33,34)(H,35,36)(H2,24,26,27)/t9-,10-,11+,13-,14-,15-,16-,21-/m1/s1. The third-order valence-corrected chi connectivity index (χ3v) is 10.6. The lowest BCUT2D eigenvalue weighted by atomic mass is 10.1. The van der Waals surface area contributed by atoms with Crippen molar-refractivity contribution >= 4 is 49.9 Å². The van der Waals surface area contributed by atoms with Crippen molar-refractivity contribution in [1.82, 2.24) is 24.5 Å². The third kappa shape index (κ3) is 6.59. The van der Waals surface area contributed by atoms with Crippen LogP contribution in [-0.4, -0.2) is 101 Å². The van der Waals surface area contributed by atoms with Gasteiger partial charge in [0.25, 0.3) is 5.91 Å². The molecule has 0 bridgehead atoms. The maximum absolute atomic E-state index is 15.0. The van der Waals surface area contributed by atoms with E-state index in [0.717, 1.165) is 22.2 Å². The van der Waals surface area contributed by atoms with E-state index in [1.54, 1.807) is 13.8 Å². The van der Waals surface area contributed by atoms with Crippen molar-refractivity contribution < 1.29 is 65.5 Å². The van der Waals surface area contributed by atoms with Crippen LogP contribution in [0.5, 0.6) is 0 Å². The Bertz CT molecular complexity index is 1730. The van der Waals surface area contributed by atoms with E-state index in [1.807, 2.05) is 0 Å². The average molecular weight is 712 g/mol. The second-order valence-electron chi connectivity index (χ2n) is 10.8. The topological polar surface area (TPSA) is 285 Å². The SMILES string of the molecule is CC1(C)O[C@@H]2[C@H](O1)[C@@H](COP(=O)(O)OP(=O)(O)OC[C@H]1O[C@@H](n3cnc4c(N)ncnc43)[C@@H](F)[C@@H]1O)O[C@H]2c1nc(C(N)=O)cs1. The summed E-state index contributed by atoms with van der Waals surface area (Å²) in [6.07, 6.45) is -8.15. The van der Waals surface area contributed by atoms with Gasteiger partial charge in [-0.1, -0.05) is 0 Å². The van der Waals surface area contributed by atoms with Crippen LogP contribution >= 0.6 is 27.0 Å². The molecule has 3 fully saturated rings. The van der Waals surface area contributed by atoms with Gasteiger partial charge in [-0.3, -0.25) is 18.4 Å². The number of halogens is 1. The Labute approximate surface area is 261 Å². The first-order valence-corrected chi connectivity index (χ1v) is 17.2. The van der Waals surface area contributed by atoms with Gasteiger partial charge in [-0.2, -0.15) is 4.31 Å². The first-order valence-electron chi connectivity index (χ1n) is 13.4. The molecule has 1 amide bonds. The summed E-state index contributed by atoms with van der Waals surface area (Å²) >= 11 is 1.08. The predicted octanol–water partition coefficient (Wildman–Crippen LogP) is 0.471. The molecule has 7 N–H and O–H groups in total. The molecule has 6 heterocycles. The molecule has 20 nitrogen and oxygen atoms in total. The largest absolute Gasteiger partial charge is 0.481 e. The van der Waals surface area contributed by atoms with Crippen molar-refractivity contribution in [3.63, 3.8) is 0 Å². The van der Waals surface area contributed by atoms with Crippen molar-refractivity contribution in [2.24, 2.45) is 5.73 Å². The van der Waals surface area contributed by atoms with Crippen LogP contribution in [0.15, 0.2) is 18.0 Å². The molecule has 3 aliphatic heterocycles. The van der Waals surface area contributed by atoms with E-state index >= 15 is 4.39 Å². The van der Waals surface area contributed by atoms with Gasteiger partial charge in [0.15, 0.2) is 29.7 Å². The maximum atomic E-state index is 15.0. The van der Waals surface area contributed by atoms with Gasteiger partial charge in [-0.15, -0.1) is 11.3 Å². The van der Waals surface area contributed by atoms with Crippen LogP contribution in [0.4, 0.5) is 10.2 Å². The van der Waals surface area contributed by atoms with Gasteiger partial charge in [0.05, 0.1) is 19.5 Å². The van der Waals surface area contributed by atoms with Crippen LogP contribution in [0.3, 0.4) is 0 Å². The number of aliphatic hydroxyl groups is 1. The molecule has 24 heteroatoms. The molecule has 0 spiro atoms. The molecule has 0 saturated carbocycles. The van der Waals surface area contributed by atoms with Crippen molar-refractivity contribution in [1.29, 1.82) is 0 Å². The highest BCUT2D eigenvalue weighted by Crippen LogP contribution is 2.61. The molecule has 0 aliphatic carbocycles. The highest BCUT2D eigenvalue weighted by Gasteiger charge is 2.57. The summed E-state index contributed by atoms with van der Waals surface area (Å²) in [5.74, 6) is -1.80. The number of thiazole rings is 1. The highest BCUT2D eigenvalue weighted by molar-refractivity contribution is 7.61. The van der Waals surface area contributed by atoms with Crippen molar-refractivity contribution in [3.8, 4) is 0 Å². The number of amides is 1. The number of nitrogens with zero attached hydrogens (tertiary/aromatic N) is 5. The number of aromatic nitrogens is 5. The second kappa shape index (κ2) is 12.2. The van der Waals surface area contributed by atoms with Crippen LogP contribution in [0, 0.1) is 0 Å². The van der Waals surface area contributed by atoms with Gasteiger partial charge < -0.3 is 45.3 Å². The van der Waals surface area contributed by atoms with E-state index < -0.39 is 89.6 Å². The normalized spacial score (nSPS) is 33.2. The van der Waals surface area contributed by atoms with Gasteiger partial charge in [0.2, 0.25) is 0 Å². The number of carbonyl (C=O) groups is 1. The van der Waals surface area contributed by atoms with E-state index in [-0.39, 0.29) is 22.7 Å². The highest BCUT2D eigenvalue weighted by atomic mass is 32.1. The minimum atomic E-state index is -5.37. The monoisotopic (exact) mass is 711 g/mol. The lowest BCUT2D eigenvalue weighted by molar-refractivity contribution is -0.190. The van der Waals surface area contributed by atoms with Crippen LogP contribution in [-0.2, 0) is 41.4 Å². The minimum Gasteiger partial charge on any atom is -0.387 e. The maximum Gasteiger partial charge on any atom is 0.481 e. The zero-order valence-electron chi connectivity index (χ0n) is 23.8. The van der Waals surface area contributed by atoms with Gasteiger partial charge in [-0.05, 0) is 13.8 Å². The Morgan fingerprint density at radius 2 is 1.78 bits per heavy atom. The Kier molecular flexibility index (Phi) is 8.81. The average Bonchev–Trinajstić information content (AvgIpc) is 3.77. The zero-order valence-corrected chi connectivity index (χ0v) is 26.4. The Hall–Kier alpha value is -2.56. The molecular formula is C22H28FN7O13P2S. The number of nitrogens with two attached hydrogens (primary N) is 2. The van der Waals surface area contributed by atoms with Gasteiger partial charge in [-0.25, -0.2) is 33.5 Å². The van der Waals surface area contributed by atoms with E-state index in [0.29, 0.717) is 5.01 Å². The number of aliphatic hydroxyl groups excluding tert-OH is 1. The second-order valence-corrected chi connectivity index (χ2v) is 14.7. The fraction of sp³-hybridized carbons (Fsp3) is 0.591. The summed E-state index contributed by atoms with van der Waals surface area (Å²) in [7, 11) is -10.7. The number of fused-ring (bicyclic) bond motifs is 2. The number of anilines is 1. The van der Waals surface area contributed by atoms with Gasteiger partial charge >= 0.3 is 15.6 Å². The zero-order chi connectivity index (χ0) is 33.2. The third-order valence-electron chi connectivity index (χ3n) is 7.13. The predicted molar refractivity (Wildman–Crippen MR) is 149 cm³/mol. The number of phosphoric acid groups is 2. The lowest BCUT2D eigenvalue weighted by Crippen LogP contribution is -2.32. The fourth-order valence-corrected chi connectivity index (χ4v) is 8.15. The van der Waals surface area contributed by atoms with Crippen LogP contribution in [0.2, 0.25) is 0 Å². The summed E-state index contributed by atoms with van der Waals surface area (Å²) in [4.78, 5) is 47.8. The molecule has 0 radical (unpaired) electrons. The number of hydrogen-bond donors (Lipinski definition) is 5. The molecule has 46 heavy (non-hydrogen) atoms. The van der Waals surface area contributed by atoms with Crippen LogP contribution < -0.4 is 11.5 Å². The lowest BCUT2D eigenvalue weighted by Gasteiger charge is -2.24. The van der Waals surface area contributed by atoms with E-state index in [4.69, 9.17) is 39.5 Å². The molecule has 6 rings (SSSR count). The summed E-state index contributed by atoms with van der Waals surface area (Å²) in [6, 6.07) is 0. The first kappa shape index (κ1) is 33.3. The molecule has 0 aromatic carbocycles. The molecule has 3 aromatic rings. The number of primary amides is 1. The molecule has 2 unspecified atom stereocenters. The summed E-state index contributed by atoms with van der Waals surface area (Å²) < 4.78 is 78.6. The molecule has 10 atom stereocenters. The summed E-state index contributed by atoms with van der Waals surface area (Å²) in [5, 5.41) is 12.1. The Morgan fingerprint density at radius 1 is 1.11 bits per heavy atom. The molecule has 3 aliphatic rings. The quantitative estimate of drug-likeness (QED) is 0.169.